The molecule has 0 atom stereocenters. The number of benzene rings is 3. The van der Waals surface area contributed by atoms with Crippen LogP contribution < -0.4 is 0 Å². The van der Waals surface area contributed by atoms with Gasteiger partial charge in [-0.3, -0.25) is 4.57 Å². The van der Waals surface area contributed by atoms with Gasteiger partial charge in [-0.15, -0.1) is 10.2 Å². The quantitative estimate of drug-likeness (QED) is 0.382. The number of aryl methyl sites for hydroxylation is 1. The van der Waals surface area contributed by atoms with E-state index in [1.807, 2.05) is 66.1 Å². The number of para-hydroxylation sites is 1. The van der Waals surface area contributed by atoms with Gasteiger partial charge in [0, 0.05) is 17.7 Å². The molecular weight excluding hydrogens is 388 g/mol. The molecule has 4 aromatic rings. The Labute approximate surface area is 172 Å². The van der Waals surface area contributed by atoms with Crippen LogP contribution in [0.25, 0.3) is 5.69 Å². The van der Waals surface area contributed by atoms with Crippen LogP contribution in [0, 0.1) is 18.6 Å². The third kappa shape index (κ3) is 4.38. The van der Waals surface area contributed by atoms with Crippen LogP contribution in [0.15, 0.2) is 78.0 Å². The lowest BCUT2D eigenvalue weighted by molar-refractivity contribution is 0.591. The number of hydrogen-bond donors (Lipinski definition) is 0. The van der Waals surface area contributed by atoms with Gasteiger partial charge in [0.05, 0.1) is 5.69 Å². The van der Waals surface area contributed by atoms with Crippen LogP contribution in [0.1, 0.15) is 22.5 Å². The predicted molar refractivity (Wildman–Crippen MR) is 111 cm³/mol. The van der Waals surface area contributed by atoms with Crippen LogP contribution in [-0.4, -0.2) is 14.8 Å². The van der Waals surface area contributed by atoms with Gasteiger partial charge in [0.25, 0.3) is 0 Å². The van der Waals surface area contributed by atoms with Crippen molar-refractivity contribution in [2.75, 3.05) is 0 Å². The maximum absolute atomic E-state index is 14.0. The van der Waals surface area contributed by atoms with E-state index in [0.717, 1.165) is 34.8 Å². The van der Waals surface area contributed by atoms with Crippen LogP contribution in [0.5, 0.6) is 0 Å². The minimum atomic E-state index is -0.452. The summed E-state index contributed by atoms with van der Waals surface area (Å²) in [6.07, 6.45) is 0.622. The average Bonchev–Trinajstić information content (AvgIpc) is 3.12. The monoisotopic (exact) mass is 407 g/mol. The molecule has 0 spiro atoms. The number of nitrogens with zero attached hydrogens (tertiary/aromatic N) is 3. The minimum absolute atomic E-state index is 0.263. The molecule has 0 amide bonds. The minimum Gasteiger partial charge on any atom is -0.273 e. The molecule has 0 aliphatic heterocycles. The van der Waals surface area contributed by atoms with Gasteiger partial charge >= 0.3 is 0 Å². The molecule has 29 heavy (non-hydrogen) atoms. The number of hydrogen-bond acceptors (Lipinski definition) is 3. The second kappa shape index (κ2) is 8.57. The molecule has 0 aliphatic rings. The van der Waals surface area contributed by atoms with Crippen molar-refractivity contribution in [2.45, 2.75) is 24.3 Å². The molecule has 0 saturated heterocycles. The molecule has 0 radical (unpaired) electrons. The van der Waals surface area contributed by atoms with Crippen LogP contribution in [-0.2, 0) is 12.2 Å². The first-order valence-corrected chi connectivity index (χ1v) is 10.2. The molecular formula is C23H19F2N3S. The Morgan fingerprint density at radius 3 is 2.45 bits per heavy atom. The molecule has 0 aliphatic carbocycles. The molecule has 1 heterocycles. The summed E-state index contributed by atoms with van der Waals surface area (Å²) in [4.78, 5) is 0. The van der Waals surface area contributed by atoms with Gasteiger partial charge in [0.15, 0.2) is 5.16 Å². The molecule has 3 aromatic carbocycles. The van der Waals surface area contributed by atoms with Crippen molar-refractivity contribution < 1.29 is 8.78 Å². The van der Waals surface area contributed by atoms with Gasteiger partial charge in [-0.05, 0) is 42.3 Å². The summed E-state index contributed by atoms with van der Waals surface area (Å²) >= 11 is 1.34. The molecule has 0 fully saturated rings. The van der Waals surface area contributed by atoms with Gasteiger partial charge in [-0.25, -0.2) is 8.78 Å². The molecule has 6 heteroatoms. The maximum atomic E-state index is 14.0. The SMILES string of the molecule is Cc1ccccc1-n1c(Cc2ccccc2)nnc1SCc1cc(F)ccc1F. The van der Waals surface area contributed by atoms with E-state index in [2.05, 4.69) is 10.2 Å². The van der Waals surface area contributed by atoms with E-state index in [-0.39, 0.29) is 5.75 Å². The molecule has 0 N–H and O–H groups in total. The standard InChI is InChI=1S/C23H19F2N3S/c1-16-7-5-6-10-21(16)28-22(13-17-8-3-2-4-9-17)26-27-23(28)29-15-18-14-19(24)11-12-20(18)25/h2-12,14H,13,15H2,1H3. The maximum Gasteiger partial charge on any atom is 0.196 e. The van der Waals surface area contributed by atoms with Crippen molar-refractivity contribution in [3.05, 3.63) is 107 Å². The van der Waals surface area contributed by atoms with Crippen molar-refractivity contribution in [1.29, 1.82) is 0 Å². The second-order valence-electron chi connectivity index (χ2n) is 6.71. The lowest BCUT2D eigenvalue weighted by Gasteiger charge is -2.13. The molecule has 146 valence electrons. The van der Waals surface area contributed by atoms with E-state index in [9.17, 15) is 8.78 Å². The van der Waals surface area contributed by atoms with E-state index >= 15 is 0 Å². The van der Waals surface area contributed by atoms with E-state index in [0.29, 0.717) is 17.1 Å². The Morgan fingerprint density at radius 2 is 1.66 bits per heavy atom. The van der Waals surface area contributed by atoms with E-state index in [1.165, 1.54) is 17.8 Å². The van der Waals surface area contributed by atoms with E-state index in [1.54, 1.807) is 0 Å². The normalized spacial score (nSPS) is 11.0. The zero-order chi connectivity index (χ0) is 20.2. The Morgan fingerprint density at radius 1 is 0.897 bits per heavy atom. The van der Waals surface area contributed by atoms with E-state index in [4.69, 9.17) is 0 Å². The van der Waals surface area contributed by atoms with Crippen LogP contribution in [0.4, 0.5) is 8.78 Å². The number of thioether (sulfide) groups is 1. The molecule has 1 aromatic heterocycles. The first-order chi connectivity index (χ1) is 14.1. The van der Waals surface area contributed by atoms with Gasteiger partial charge in [0.1, 0.15) is 17.5 Å². The molecule has 0 bridgehead atoms. The van der Waals surface area contributed by atoms with E-state index < -0.39 is 11.6 Å². The Balaban J connectivity index is 1.70. The highest BCUT2D eigenvalue weighted by atomic mass is 32.2. The summed E-state index contributed by atoms with van der Waals surface area (Å²) in [5, 5.41) is 9.41. The zero-order valence-corrected chi connectivity index (χ0v) is 16.7. The lowest BCUT2D eigenvalue weighted by atomic mass is 10.1. The van der Waals surface area contributed by atoms with Crippen LogP contribution in [0.3, 0.4) is 0 Å². The summed E-state index contributed by atoms with van der Waals surface area (Å²) < 4.78 is 29.5. The Kier molecular flexibility index (Phi) is 5.71. The third-order valence-corrected chi connectivity index (χ3v) is 5.60. The fraction of sp³-hybridized carbons (Fsp3) is 0.130. The lowest BCUT2D eigenvalue weighted by Crippen LogP contribution is -2.05. The average molecular weight is 407 g/mol. The highest BCUT2D eigenvalue weighted by Crippen LogP contribution is 2.28. The number of aromatic nitrogens is 3. The summed E-state index contributed by atoms with van der Waals surface area (Å²) in [6, 6.07) is 21.5. The fourth-order valence-electron chi connectivity index (χ4n) is 3.14. The molecule has 0 saturated carbocycles. The summed E-state index contributed by atoms with van der Waals surface area (Å²) in [5.74, 6) is 0.184. The molecule has 4 rings (SSSR count). The topological polar surface area (TPSA) is 30.7 Å². The van der Waals surface area contributed by atoms with Gasteiger partial charge < -0.3 is 0 Å². The van der Waals surface area contributed by atoms with Crippen molar-refractivity contribution >= 4 is 11.8 Å². The fourth-order valence-corrected chi connectivity index (χ4v) is 4.08. The zero-order valence-electron chi connectivity index (χ0n) is 15.8. The highest BCUT2D eigenvalue weighted by molar-refractivity contribution is 7.98. The van der Waals surface area contributed by atoms with Gasteiger partial charge in [0.2, 0.25) is 0 Å². The number of rotatable bonds is 6. The Hall–Kier alpha value is -2.99. The van der Waals surface area contributed by atoms with Gasteiger partial charge in [-0.1, -0.05) is 60.3 Å². The van der Waals surface area contributed by atoms with Crippen molar-refractivity contribution in [3.63, 3.8) is 0 Å². The molecule has 3 nitrogen and oxygen atoms in total. The van der Waals surface area contributed by atoms with Crippen molar-refractivity contribution in [1.82, 2.24) is 14.8 Å². The summed E-state index contributed by atoms with van der Waals surface area (Å²) in [6.45, 7) is 2.03. The van der Waals surface area contributed by atoms with Crippen LogP contribution in [0.2, 0.25) is 0 Å². The predicted octanol–water partition coefficient (Wildman–Crippen LogP) is 5.74. The van der Waals surface area contributed by atoms with Crippen LogP contribution >= 0.6 is 11.8 Å². The summed E-state index contributed by atoms with van der Waals surface area (Å²) in [7, 11) is 0. The third-order valence-electron chi connectivity index (χ3n) is 4.63. The number of halogens is 2. The second-order valence-corrected chi connectivity index (χ2v) is 7.65. The smallest absolute Gasteiger partial charge is 0.196 e. The first-order valence-electron chi connectivity index (χ1n) is 9.23. The first kappa shape index (κ1) is 19.3. The molecule has 0 unspecified atom stereocenters. The highest BCUT2D eigenvalue weighted by Gasteiger charge is 2.17. The largest absolute Gasteiger partial charge is 0.273 e. The summed E-state index contributed by atoms with van der Waals surface area (Å²) in [5.41, 5.74) is 3.49. The van der Waals surface area contributed by atoms with Gasteiger partial charge in [-0.2, -0.15) is 0 Å². The Bertz CT molecular complexity index is 1130. The van der Waals surface area contributed by atoms with Crippen molar-refractivity contribution in [2.24, 2.45) is 0 Å². The van der Waals surface area contributed by atoms with Crippen molar-refractivity contribution in [3.8, 4) is 5.69 Å².